The number of rotatable bonds is 4. The van der Waals surface area contributed by atoms with Crippen LogP contribution in [-0.4, -0.2) is 5.91 Å². The first-order valence-electron chi connectivity index (χ1n) is 6.78. The van der Waals surface area contributed by atoms with Crippen molar-refractivity contribution in [3.8, 4) is 0 Å². The summed E-state index contributed by atoms with van der Waals surface area (Å²) in [5.74, 6) is -0.0350. The van der Waals surface area contributed by atoms with Crippen LogP contribution in [0, 0.1) is 0 Å². The summed E-state index contributed by atoms with van der Waals surface area (Å²) in [5.41, 5.74) is 7.66. The van der Waals surface area contributed by atoms with Crippen LogP contribution >= 0.6 is 11.6 Å². The number of nitrogens with two attached hydrogens (primary N) is 1. The molecule has 0 saturated carbocycles. The predicted octanol–water partition coefficient (Wildman–Crippen LogP) is 3.52. The Morgan fingerprint density at radius 2 is 1.86 bits per heavy atom. The molecule has 3 nitrogen and oxygen atoms in total. The topological polar surface area (TPSA) is 55.1 Å². The zero-order valence-electron chi connectivity index (χ0n) is 12.2. The van der Waals surface area contributed by atoms with Gasteiger partial charge < -0.3 is 11.1 Å². The molecule has 0 fully saturated rings. The maximum Gasteiger partial charge on any atom is 0.230 e. The van der Waals surface area contributed by atoms with Crippen LogP contribution in [0.25, 0.3) is 0 Å². The van der Waals surface area contributed by atoms with E-state index in [1.54, 1.807) is 12.1 Å². The largest absolute Gasteiger partial charge is 0.399 e. The van der Waals surface area contributed by atoms with E-state index in [0.717, 1.165) is 11.1 Å². The molecule has 21 heavy (non-hydrogen) atoms. The maximum absolute atomic E-state index is 12.4. The molecule has 0 unspecified atom stereocenters. The van der Waals surface area contributed by atoms with Gasteiger partial charge in [-0.25, -0.2) is 0 Å². The van der Waals surface area contributed by atoms with Gasteiger partial charge in [-0.15, -0.1) is 0 Å². The van der Waals surface area contributed by atoms with Crippen molar-refractivity contribution < 1.29 is 4.79 Å². The molecular formula is C17H19ClN2O. The van der Waals surface area contributed by atoms with Crippen molar-refractivity contribution in [2.24, 2.45) is 0 Å². The Balaban J connectivity index is 2.06. The zero-order chi connectivity index (χ0) is 15.5. The SMILES string of the molecule is CC(C)(C(=O)NCc1cccc(Cl)c1)c1ccc(N)cc1. The highest BCUT2D eigenvalue weighted by molar-refractivity contribution is 6.30. The normalized spacial score (nSPS) is 11.2. The molecule has 1 amide bonds. The number of carbonyl (C=O) groups is 1. The lowest BCUT2D eigenvalue weighted by molar-refractivity contribution is -0.125. The molecular weight excluding hydrogens is 284 g/mol. The summed E-state index contributed by atoms with van der Waals surface area (Å²) in [6.45, 7) is 4.25. The Bertz CT molecular complexity index is 635. The van der Waals surface area contributed by atoms with E-state index in [9.17, 15) is 4.79 Å². The summed E-state index contributed by atoms with van der Waals surface area (Å²) in [7, 11) is 0. The van der Waals surface area contributed by atoms with Gasteiger partial charge in [-0.2, -0.15) is 0 Å². The van der Waals surface area contributed by atoms with Crippen LogP contribution in [-0.2, 0) is 16.8 Å². The summed E-state index contributed by atoms with van der Waals surface area (Å²) in [6.07, 6.45) is 0. The first-order valence-corrected chi connectivity index (χ1v) is 7.16. The van der Waals surface area contributed by atoms with Gasteiger partial charge in [0.1, 0.15) is 0 Å². The second-order valence-electron chi connectivity index (χ2n) is 5.56. The Hall–Kier alpha value is -2.00. The van der Waals surface area contributed by atoms with E-state index in [-0.39, 0.29) is 5.91 Å². The number of nitrogens with one attached hydrogen (secondary N) is 1. The van der Waals surface area contributed by atoms with E-state index in [1.165, 1.54) is 0 Å². The fourth-order valence-electron chi connectivity index (χ4n) is 2.08. The third kappa shape index (κ3) is 3.76. The standard InChI is InChI=1S/C17H19ClN2O/c1-17(2,13-6-8-15(19)9-7-13)16(21)20-11-12-4-3-5-14(18)10-12/h3-10H,11,19H2,1-2H3,(H,20,21). The Morgan fingerprint density at radius 1 is 1.19 bits per heavy atom. The molecule has 2 rings (SSSR count). The van der Waals surface area contributed by atoms with Crippen molar-refractivity contribution in [1.82, 2.24) is 5.32 Å². The molecule has 2 aromatic rings. The maximum atomic E-state index is 12.4. The van der Waals surface area contributed by atoms with Crippen molar-refractivity contribution in [2.75, 3.05) is 5.73 Å². The molecule has 0 aromatic heterocycles. The van der Waals surface area contributed by atoms with Crippen LogP contribution in [0.2, 0.25) is 5.02 Å². The lowest BCUT2D eigenvalue weighted by Crippen LogP contribution is -2.39. The average molecular weight is 303 g/mol. The molecule has 3 N–H and O–H groups in total. The van der Waals surface area contributed by atoms with Gasteiger partial charge in [0.2, 0.25) is 5.91 Å². The van der Waals surface area contributed by atoms with Gasteiger partial charge in [-0.1, -0.05) is 35.9 Å². The number of carbonyl (C=O) groups excluding carboxylic acids is 1. The first-order chi connectivity index (χ1) is 9.89. The van der Waals surface area contributed by atoms with Gasteiger partial charge in [-0.05, 0) is 49.2 Å². The second kappa shape index (κ2) is 6.19. The highest BCUT2D eigenvalue weighted by Gasteiger charge is 2.29. The number of halogens is 1. The molecule has 0 radical (unpaired) electrons. The number of hydrogen-bond acceptors (Lipinski definition) is 2. The number of hydrogen-bond donors (Lipinski definition) is 2. The van der Waals surface area contributed by atoms with E-state index < -0.39 is 5.41 Å². The van der Waals surface area contributed by atoms with Gasteiger partial charge in [-0.3, -0.25) is 4.79 Å². The summed E-state index contributed by atoms with van der Waals surface area (Å²) >= 11 is 5.94. The van der Waals surface area contributed by atoms with Crippen LogP contribution in [0.15, 0.2) is 48.5 Å². The van der Waals surface area contributed by atoms with Crippen molar-refractivity contribution in [3.05, 3.63) is 64.7 Å². The van der Waals surface area contributed by atoms with Gasteiger partial charge in [0.15, 0.2) is 0 Å². The number of amides is 1. The van der Waals surface area contributed by atoms with Crippen LogP contribution in [0.1, 0.15) is 25.0 Å². The molecule has 0 spiro atoms. The van der Waals surface area contributed by atoms with Crippen LogP contribution in [0.3, 0.4) is 0 Å². The van der Waals surface area contributed by atoms with Gasteiger partial charge in [0.05, 0.1) is 5.41 Å². The van der Waals surface area contributed by atoms with E-state index in [2.05, 4.69) is 5.32 Å². The quantitative estimate of drug-likeness (QED) is 0.849. The summed E-state index contributed by atoms with van der Waals surface area (Å²) in [4.78, 5) is 12.4. The van der Waals surface area contributed by atoms with Gasteiger partial charge in [0, 0.05) is 17.3 Å². The summed E-state index contributed by atoms with van der Waals surface area (Å²) in [6, 6.07) is 14.8. The highest BCUT2D eigenvalue weighted by Crippen LogP contribution is 2.24. The van der Waals surface area contributed by atoms with Crippen molar-refractivity contribution in [1.29, 1.82) is 0 Å². The fourth-order valence-corrected chi connectivity index (χ4v) is 2.29. The lowest BCUT2D eigenvalue weighted by Gasteiger charge is -2.24. The summed E-state index contributed by atoms with van der Waals surface area (Å²) < 4.78 is 0. The minimum atomic E-state index is -0.619. The number of nitrogen functional groups attached to an aromatic ring is 1. The lowest BCUT2D eigenvalue weighted by atomic mass is 9.83. The Kier molecular flexibility index (Phi) is 4.53. The molecule has 0 aliphatic carbocycles. The molecule has 0 atom stereocenters. The van der Waals surface area contributed by atoms with Crippen molar-refractivity contribution >= 4 is 23.2 Å². The molecule has 0 aliphatic rings. The molecule has 0 saturated heterocycles. The average Bonchev–Trinajstić information content (AvgIpc) is 2.45. The highest BCUT2D eigenvalue weighted by atomic mass is 35.5. The number of anilines is 1. The molecule has 0 aliphatic heterocycles. The molecule has 2 aromatic carbocycles. The smallest absolute Gasteiger partial charge is 0.230 e. The summed E-state index contributed by atoms with van der Waals surface area (Å²) in [5, 5.41) is 3.62. The van der Waals surface area contributed by atoms with Gasteiger partial charge >= 0.3 is 0 Å². The minimum Gasteiger partial charge on any atom is -0.399 e. The van der Waals surface area contributed by atoms with Crippen molar-refractivity contribution in [2.45, 2.75) is 25.8 Å². The third-order valence-electron chi connectivity index (χ3n) is 3.54. The molecule has 0 bridgehead atoms. The molecule has 4 heteroatoms. The molecule has 0 heterocycles. The monoisotopic (exact) mass is 302 g/mol. The Morgan fingerprint density at radius 3 is 2.48 bits per heavy atom. The van der Waals surface area contributed by atoms with E-state index in [1.807, 2.05) is 50.2 Å². The van der Waals surface area contributed by atoms with Crippen LogP contribution in [0.4, 0.5) is 5.69 Å². The van der Waals surface area contributed by atoms with Crippen LogP contribution in [0.5, 0.6) is 0 Å². The third-order valence-corrected chi connectivity index (χ3v) is 3.78. The molecule has 110 valence electrons. The predicted molar refractivity (Wildman–Crippen MR) is 87.2 cm³/mol. The van der Waals surface area contributed by atoms with E-state index in [0.29, 0.717) is 17.3 Å². The van der Waals surface area contributed by atoms with Crippen LogP contribution < -0.4 is 11.1 Å². The zero-order valence-corrected chi connectivity index (χ0v) is 12.9. The Labute approximate surface area is 130 Å². The van der Waals surface area contributed by atoms with E-state index in [4.69, 9.17) is 17.3 Å². The number of benzene rings is 2. The second-order valence-corrected chi connectivity index (χ2v) is 6.00. The fraction of sp³-hybridized carbons (Fsp3) is 0.235. The van der Waals surface area contributed by atoms with E-state index >= 15 is 0 Å². The first kappa shape index (κ1) is 15.4. The minimum absolute atomic E-state index is 0.0350. The van der Waals surface area contributed by atoms with Gasteiger partial charge in [0.25, 0.3) is 0 Å². The van der Waals surface area contributed by atoms with Crippen molar-refractivity contribution in [3.63, 3.8) is 0 Å².